The third kappa shape index (κ3) is 5.98. The normalized spacial score (nSPS) is 9.11. The minimum Gasteiger partial charge on any atom is -0.345 e. The Hall–Kier alpha value is -3.08. The molecule has 0 atom stereocenters. The molecule has 2 aromatic carbocycles. The second-order valence-electron chi connectivity index (χ2n) is 5.60. The molecule has 1 amide bonds. The predicted octanol–water partition coefficient (Wildman–Crippen LogP) is 4.94. The van der Waals surface area contributed by atoms with Crippen molar-refractivity contribution < 1.29 is 19.2 Å². The maximum atomic E-state index is 12.2. The van der Waals surface area contributed by atoms with Crippen LogP contribution < -0.4 is 0 Å². The molecular formula is C23H29NO4. The van der Waals surface area contributed by atoms with Crippen LogP contribution in [0.25, 0.3) is 11.1 Å². The Labute approximate surface area is 167 Å². The Morgan fingerprint density at radius 2 is 1.14 bits per heavy atom. The molecule has 0 saturated heterocycles. The monoisotopic (exact) mass is 383 g/mol. The maximum Gasteiger partial charge on any atom is 0.254 e. The van der Waals surface area contributed by atoms with E-state index in [0.29, 0.717) is 40.4 Å². The average molecular weight is 383 g/mol. The molecule has 0 aliphatic rings. The number of hydrogen-bond donors (Lipinski definition) is 0. The van der Waals surface area contributed by atoms with Crippen LogP contribution in [0.15, 0.2) is 36.4 Å². The molecule has 5 nitrogen and oxygen atoms in total. The summed E-state index contributed by atoms with van der Waals surface area (Å²) >= 11 is 0. The van der Waals surface area contributed by atoms with Gasteiger partial charge in [-0.3, -0.25) is 19.2 Å². The maximum absolute atomic E-state index is 12.2. The van der Waals surface area contributed by atoms with Gasteiger partial charge in [0.15, 0.2) is 18.4 Å². The molecule has 0 spiro atoms. The van der Waals surface area contributed by atoms with Crippen LogP contribution in [-0.2, 0) is 0 Å². The number of carbonyl (C=O) groups excluding carboxylic acids is 4. The first-order valence-corrected chi connectivity index (χ1v) is 9.30. The number of ketones is 1. The van der Waals surface area contributed by atoms with E-state index in [4.69, 9.17) is 0 Å². The van der Waals surface area contributed by atoms with Crippen molar-refractivity contribution in [1.82, 2.24) is 4.90 Å². The fourth-order valence-electron chi connectivity index (χ4n) is 2.41. The zero-order chi connectivity index (χ0) is 21.9. The fraction of sp³-hybridized carbons (Fsp3) is 0.304. The van der Waals surface area contributed by atoms with E-state index < -0.39 is 0 Å². The van der Waals surface area contributed by atoms with Crippen LogP contribution >= 0.6 is 0 Å². The van der Waals surface area contributed by atoms with Gasteiger partial charge in [0, 0.05) is 30.8 Å². The second kappa shape index (κ2) is 12.3. The summed E-state index contributed by atoms with van der Waals surface area (Å²) in [4.78, 5) is 47.6. The third-order valence-electron chi connectivity index (χ3n) is 3.71. The summed E-state index contributed by atoms with van der Waals surface area (Å²) in [5, 5.41) is 0. The van der Waals surface area contributed by atoms with Gasteiger partial charge in [-0.15, -0.1) is 0 Å². The molecule has 0 saturated carbocycles. The van der Waals surface area contributed by atoms with Gasteiger partial charge in [0.2, 0.25) is 0 Å². The number of amides is 1. The lowest BCUT2D eigenvalue weighted by Gasteiger charge is -2.14. The van der Waals surface area contributed by atoms with Crippen LogP contribution in [0.2, 0.25) is 0 Å². The average Bonchev–Trinajstić information content (AvgIpc) is 2.74. The molecule has 150 valence electrons. The molecule has 0 fully saturated rings. The molecule has 0 radical (unpaired) electrons. The highest BCUT2D eigenvalue weighted by Crippen LogP contribution is 2.25. The van der Waals surface area contributed by atoms with Gasteiger partial charge in [0.05, 0.1) is 5.56 Å². The first kappa shape index (κ1) is 24.9. The second-order valence-corrected chi connectivity index (χ2v) is 5.60. The molecule has 5 heteroatoms. The standard InChI is InChI=1S/C19H17NO4.2C2H6/c1-12(23)17-8-13(4-6-15(17)10-21)14-5-7-16(11-22)18(9-14)19(24)20(2)3;2*1-2/h4-11H,1-3H3;2*1-2H3. The van der Waals surface area contributed by atoms with Crippen molar-refractivity contribution in [1.29, 1.82) is 0 Å². The van der Waals surface area contributed by atoms with Crippen molar-refractivity contribution in [2.24, 2.45) is 0 Å². The molecule has 0 unspecified atom stereocenters. The predicted molar refractivity (Wildman–Crippen MR) is 113 cm³/mol. The van der Waals surface area contributed by atoms with Crippen molar-refractivity contribution in [2.75, 3.05) is 14.1 Å². The smallest absolute Gasteiger partial charge is 0.254 e. The zero-order valence-corrected chi connectivity index (χ0v) is 17.7. The van der Waals surface area contributed by atoms with Crippen LogP contribution in [0.4, 0.5) is 0 Å². The zero-order valence-electron chi connectivity index (χ0n) is 17.7. The van der Waals surface area contributed by atoms with Crippen molar-refractivity contribution in [3.05, 3.63) is 58.7 Å². The largest absolute Gasteiger partial charge is 0.345 e. The molecule has 2 rings (SSSR count). The summed E-state index contributed by atoms with van der Waals surface area (Å²) in [6.07, 6.45) is 1.27. The lowest BCUT2D eigenvalue weighted by molar-refractivity contribution is 0.0824. The van der Waals surface area contributed by atoms with Gasteiger partial charge in [0.1, 0.15) is 0 Å². The number of carbonyl (C=O) groups is 4. The molecule has 0 aliphatic heterocycles. The topological polar surface area (TPSA) is 71.5 Å². The SMILES string of the molecule is CC.CC.CC(=O)c1cc(-c2ccc(C=O)c(C(=O)N(C)C)c2)ccc1C=O. The first-order valence-electron chi connectivity index (χ1n) is 9.30. The molecule has 0 bridgehead atoms. The van der Waals surface area contributed by atoms with E-state index in [1.165, 1.54) is 11.8 Å². The minimum atomic E-state index is -0.282. The van der Waals surface area contributed by atoms with Crippen LogP contribution in [0, 0.1) is 0 Å². The van der Waals surface area contributed by atoms with Crippen molar-refractivity contribution in [3.8, 4) is 11.1 Å². The van der Waals surface area contributed by atoms with E-state index in [1.807, 2.05) is 27.7 Å². The lowest BCUT2D eigenvalue weighted by atomic mass is 9.95. The third-order valence-corrected chi connectivity index (χ3v) is 3.71. The highest BCUT2D eigenvalue weighted by atomic mass is 16.2. The number of aldehydes is 2. The quantitative estimate of drug-likeness (QED) is 0.542. The Kier molecular flexibility index (Phi) is 11.0. The Morgan fingerprint density at radius 1 is 0.750 bits per heavy atom. The van der Waals surface area contributed by atoms with Gasteiger partial charge in [-0.2, -0.15) is 0 Å². The number of hydrogen-bond acceptors (Lipinski definition) is 4. The molecule has 2 aromatic rings. The Bertz CT molecular complexity index is 838. The molecular weight excluding hydrogens is 354 g/mol. The van der Waals surface area contributed by atoms with Gasteiger partial charge in [-0.05, 0) is 30.2 Å². The highest BCUT2D eigenvalue weighted by molar-refractivity contribution is 6.04. The summed E-state index contributed by atoms with van der Waals surface area (Å²) in [6, 6.07) is 9.78. The number of rotatable bonds is 5. The minimum absolute atomic E-state index is 0.215. The number of Topliss-reactive ketones (excluding diaryl/α,β-unsaturated/α-hetero) is 1. The summed E-state index contributed by atoms with van der Waals surface area (Å²) in [7, 11) is 3.21. The first-order chi connectivity index (χ1) is 13.4. The van der Waals surface area contributed by atoms with Crippen LogP contribution in [0.1, 0.15) is 76.1 Å². The number of benzene rings is 2. The van der Waals surface area contributed by atoms with E-state index in [2.05, 4.69) is 0 Å². The van der Waals surface area contributed by atoms with E-state index in [0.717, 1.165) is 0 Å². The van der Waals surface area contributed by atoms with E-state index in [-0.39, 0.29) is 17.3 Å². The van der Waals surface area contributed by atoms with Crippen molar-refractivity contribution >= 4 is 24.3 Å². The van der Waals surface area contributed by atoms with Gasteiger partial charge >= 0.3 is 0 Å². The van der Waals surface area contributed by atoms with Crippen LogP contribution in [0.3, 0.4) is 0 Å². The lowest BCUT2D eigenvalue weighted by Crippen LogP contribution is -2.23. The van der Waals surface area contributed by atoms with E-state index in [9.17, 15) is 19.2 Å². The number of nitrogens with zero attached hydrogens (tertiary/aromatic N) is 1. The Morgan fingerprint density at radius 3 is 1.50 bits per heavy atom. The molecule has 0 aromatic heterocycles. The van der Waals surface area contributed by atoms with Gasteiger partial charge in [-0.25, -0.2) is 0 Å². The summed E-state index contributed by atoms with van der Waals surface area (Å²) in [5.41, 5.74) is 2.61. The molecule has 0 aliphatic carbocycles. The molecule has 0 N–H and O–H groups in total. The summed E-state index contributed by atoms with van der Waals surface area (Å²) < 4.78 is 0. The Balaban J connectivity index is 0.00000171. The van der Waals surface area contributed by atoms with Gasteiger partial charge in [0.25, 0.3) is 5.91 Å². The molecule has 28 heavy (non-hydrogen) atoms. The van der Waals surface area contributed by atoms with Gasteiger partial charge < -0.3 is 4.90 Å². The van der Waals surface area contributed by atoms with Crippen LogP contribution in [-0.4, -0.2) is 43.3 Å². The molecule has 0 heterocycles. The fourth-order valence-corrected chi connectivity index (χ4v) is 2.41. The van der Waals surface area contributed by atoms with E-state index in [1.54, 1.807) is 50.5 Å². The van der Waals surface area contributed by atoms with Gasteiger partial charge in [-0.1, -0.05) is 52.0 Å². The van der Waals surface area contributed by atoms with Crippen molar-refractivity contribution in [3.63, 3.8) is 0 Å². The van der Waals surface area contributed by atoms with E-state index >= 15 is 0 Å². The summed E-state index contributed by atoms with van der Waals surface area (Å²) in [5.74, 6) is -0.497. The van der Waals surface area contributed by atoms with Crippen LogP contribution in [0.5, 0.6) is 0 Å². The highest BCUT2D eigenvalue weighted by Gasteiger charge is 2.15. The summed E-state index contributed by atoms with van der Waals surface area (Å²) in [6.45, 7) is 9.39. The van der Waals surface area contributed by atoms with Crippen molar-refractivity contribution in [2.45, 2.75) is 34.6 Å².